The van der Waals surface area contributed by atoms with Crippen LogP contribution in [0.15, 0.2) is 0 Å². The van der Waals surface area contributed by atoms with Crippen molar-refractivity contribution in [1.29, 1.82) is 0 Å². The summed E-state index contributed by atoms with van der Waals surface area (Å²) in [5.41, 5.74) is 5.53. The van der Waals surface area contributed by atoms with Crippen molar-refractivity contribution in [3.63, 3.8) is 0 Å². The minimum atomic E-state index is -0.506. The van der Waals surface area contributed by atoms with Crippen LogP contribution in [0.2, 0.25) is 0 Å². The van der Waals surface area contributed by atoms with Gasteiger partial charge in [-0.1, -0.05) is 13.8 Å². The number of amides is 2. The molecule has 6 heteroatoms. The molecule has 0 spiro atoms. The third-order valence-corrected chi connectivity index (χ3v) is 4.65. The maximum absolute atomic E-state index is 12.6. The van der Waals surface area contributed by atoms with Gasteiger partial charge in [0.2, 0.25) is 5.91 Å². The third kappa shape index (κ3) is 4.85. The molecule has 1 saturated heterocycles. The zero-order valence-corrected chi connectivity index (χ0v) is 15.7. The molecule has 6 nitrogen and oxygen atoms in total. The number of hydrogen-bond donors (Lipinski definition) is 1. The van der Waals surface area contributed by atoms with E-state index in [1.807, 2.05) is 44.4 Å². The fraction of sp³-hybridized carbons (Fsp3) is 0.889. The van der Waals surface area contributed by atoms with Gasteiger partial charge in [0.15, 0.2) is 0 Å². The van der Waals surface area contributed by atoms with Gasteiger partial charge in [-0.05, 0) is 52.4 Å². The Kier molecular flexibility index (Phi) is 5.78. The standard InChI is InChI=1S/C18H33N3O3/c1-12(2)15(19)16(22)20-10-6-7-14(11-20)21(13-8-9-13)17(23)24-18(3,4)5/h12-15H,6-11,19H2,1-5H3/t14-,15+/m1/s1. The highest BCUT2D eigenvalue weighted by Crippen LogP contribution is 2.33. The van der Waals surface area contributed by atoms with Crippen LogP contribution in [0.1, 0.15) is 60.3 Å². The molecule has 2 atom stereocenters. The molecule has 138 valence electrons. The molecule has 1 heterocycles. The summed E-state index contributed by atoms with van der Waals surface area (Å²) in [6.45, 7) is 10.9. The molecular formula is C18H33N3O3. The molecule has 0 radical (unpaired) electrons. The number of ether oxygens (including phenoxy) is 1. The van der Waals surface area contributed by atoms with Crippen molar-refractivity contribution in [2.24, 2.45) is 11.7 Å². The van der Waals surface area contributed by atoms with Crippen LogP contribution in [-0.4, -0.2) is 58.6 Å². The predicted octanol–water partition coefficient (Wildman–Crippen LogP) is 2.36. The van der Waals surface area contributed by atoms with Crippen LogP contribution in [0.4, 0.5) is 4.79 Å². The van der Waals surface area contributed by atoms with E-state index in [2.05, 4.69) is 0 Å². The molecule has 2 aliphatic rings. The second-order valence-corrected chi connectivity index (χ2v) is 8.47. The largest absolute Gasteiger partial charge is 0.444 e. The molecule has 0 aromatic carbocycles. The molecule has 0 unspecified atom stereocenters. The number of likely N-dealkylation sites (tertiary alicyclic amines) is 1. The van der Waals surface area contributed by atoms with E-state index >= 15 is 0 Å². The van der Waals surface area contributed by atoms with Crippen molar-refractivity contribution in [1.82, 2.24) is 9.80 Å². The Morgan fingerprint density at radius 1 is 1.17 bits per heavy atom. The second kappa shape index (κ2) is 7.30. The smallest absolute Gasteiger partial charge is 0.410 e. The van der Waals surface area contributed by atoms with Crippen molar-refractivity contribution < 1.29 is 14.3 Å². The Hall–Kier alpha value is -1.30. The number of carbonyl (C=O) groups excluding carboxylic acids is 2. The number of rotatable bonds is 4. The second-order valence-electron chi connectivity index (χ2n) is 8.47. The Labute approximate surface area is 145 Å². The SMILES string of the molecule is CC(C)[C@H](N)C(=O)N1CCC[C@@H](N(C(=O)OC(C)(C)C)C2CC2)C1. The first-order valence-corrected chi connectivity index (χ1v) is 9.16. The normalized spacial score (nSPS) is 23.1. The number of piperidine rings is 1. The Morgan fingerprint density at radius 2 is 1.79 bits per heavy atom. The van der Waals surface area contributed by atoms with Crippen LogP contribution < -0.4 is 5.73 Å². The minimum Gasteiger partial charge on any atom is -0.444 e. The average molecular weight is 339 g/mol. The van der Waals surface area contributed by atoms with Gasteiger partial charge >= 0.3 is 6.09 Å². The topological polar surface area (TPSA) is 75.9 Å². The van der Waals surface area contributed by atoms with Crippen molar-refractivity contribution in [2.45, 2.75) is 84.0 Å². The van der Waals surface area contributed by atoms with Crippen molar-refractivity contribution in [2.75, 3.05) is 13.1 Å². The summed E-state index contributed by atoms with van der Waals surface area (Å²) < 4.78 is 5.59. The molecular weight excluding hydrogens is 306 g/mol. The molecule has 1 aliphatic carbocycles. The van der Waals surface area contributed by atoms with Crippen molar-refractivity contribution in [3.8, 4) is 0 Å². The molecule has 0 aromatic heterocycles. The van der Waals surface area contributed by atoms with E-state index in [9.17, 15) is 9.59 Å². The van der Waals surface area contributed by atoms with E-state index in [4.69, 9.17) is 10.5 Å². The summed E-state index contributed by atoms with van der Waals surface area (Å²) in [4.78, 5) is 28.9. The highest BCUT2D eigenvalue weighted by Gasteiger charge is 2.42. The van der Waals surface area contributed by atoms with Gasteiger partial charge in [-0.15, -0.1) is 0 Å². The summed E-state index contributed by atoms with van der Waals surface area (Å²) in [6.07, 6.45) is 3.60. The number of nitrogens with two attached hydrogens (primary N) is 1. The van der Waals surface area contributed by atoms with Gasteiger partial charge in [0, 0.05) is 19.1 Å². The highest BCUT2D eigenvalue weighted by atomic mass is 16.6. The van der Waals surface area contributed by atoms with Gasteiger partial charge in [-0.3, -0.25) is 4.79 Å². The first-order chi connectivity index (χ1) is 11.1. The highest BCUT2D eigenvalue weighted by molar-refractivity contribution is 5.82. The summed E-state index contributed by atoms with van der Waals surface area (Å²) in [5.74, 6) is 0.109. The van der Waals surface area contributed by atoms with Crippen LogP contribution in [0.3, 0.4) is 0 Å². The Bertz CT molecular complexity index is 469. The summed E-state index contributed by atoms with van der Waals surface area (Å²) in [5, 5.41) is 0. The van der Waals surface area contributed by atoms with Crippen LogP contribution >= 0.6 is 0 Å². The van der Waals surface area contributed by atoms with Crippen LogP contribution in [0, 0.1) is 5.92 Å². The number of nitrogens with zero attached hydrogens (tertiary/aromatic N) is 2. The molecule has 1 aliphatic heterocycles. The molecule has 2 N–H and O–H groups in total. The third-order valence-electron chi connectivity index (χ3n) is 4.65. The maximum Gasteiger partial charge on any atom is 0.410 e. The minimum absolute atomic E-state index is 0.00497. The van der Waals surface area contributed by atoms with E-state index < -0.39 is 11.6 Å². The lowest BCUT2D eigenvalue weighted by molar-refractivity contribution is -0.135. The van der Waals surface area contributed by atoms with E-state index in [-0.39, 0.29) is 30.0 Å². The maximum atomic E-state index is 12.6. The first kappa shape index (κ1) is 19.0. The van der Waals surface area contributed by atoms with Crippen molar-refractivity contribution in [3.05, 3.63) is 0 Å². The molecule has 2 rings (SSSR count). The van der Waals surface area contributed by atoms with Gasteiger partial charge in [-0.2, -0.15) is 0 Å². The van der Waals surface area contributed by atoms with E-state index in [1.54, 1.807) is 0 Å². The van der Waals surface area contributed by atoms with E-state index in [0.717, 1.165) is 32.2 Å². The average Bonchev–Trinajstić information content (AvgIpc) is 3.29. The van der Waals surface area contributed by atoms with E-state index in [0.29, 0.717) is 6.54 Å². The fourth-order valence-electron chi connectivity index (χ4n) is 3.14. The van der Waals surface area contributed by atoms with Gasteiger partial charge in [0.05, 0.1) is 12.1 Å². The zero-order valence-electron chi connectivity index (χ0n) is 15.7. The Morgan fingerprint density at radius 3 is 2.29 bits per heavy atom. The molecule has 24 heavy (non-hydrogen) atoms. The summed E-state index contributed by atoms with van der Waals surface area (Å²) >= 11 is 0. The quantitative estimate of drug-likeness (QED) is 0.853. The van der Waals surface area contributed by atoms with Gasteiger partial charge in [-0.25, -0.2) is 4.79 Å². The monoisotopic (exact) mass is 339 g/mol. The van der Waals surface area contributed by atoms with Gasteiger partial charge in [0.25, 0.3) is 0 Å². The predicted molar refractivity (Wildman–Crippen MR) is 93.5 cm³/mol. The molecule has 1 saturated carbocycles. The fourth-order valence-corrected chi connectivity index (χ4v) is 3.14. The van der Waals surface area contributed by atoms with Crippen molar-refractivity contribution >= 4 is 12.0 Å². The molecule has 0 aromatic rings. The number of carbonyl (C=O) groups is 2. The molecule has 2 fully saturated rings. The van der Waals surface area contributed by atoms with Crippen LogP contribution in [0.5, 0.6) is 0 Å². The van der Waals surface area contributed by atoms with Gasteiger partial charge < -0.3 is 20.3 Å². The lowest BCUT2D eigenvalue weighted by atomic mass is 9.99. The van der Waals surface area contributed by atoms with E-state index in [1.165, 1.54) is 0 Å². The summed E-state index contributed by atoms with van der Waals surface area (Å²) in [6, 6.07) is -0.178. The van der Waals surface area contributed by atoms with Crippen LogP contribution in [0.25, 0.3) is 0 Å². The first-order valence-electron chi connectivity index (χ1n) is 9.16. The van der Waals surface area contributed by atoms with Crippen LogP contribution in [-0.2, 0) is 9.53 Å². The number of hydrogen-bond acceptors (Lipinski definition) is 4. The zero-order chi connectivity index (χ0) is 18.1. The van der Waals surface area contributed by atoms with Gasteiger partial charge in [0.1, 0.15) is 5.60 Å². The molecule has 0 bridgehead atoms. The lowest BCUT2D eigenvalue weighted by Gasteiger charge is -2.41. The summed E-state index contributed by atoms with van der Waals surface area (Å²) in [7, 11) is 0. The lowest BCUT2D eigenvalue weighted by Crippen LogP contribution is -2.56. The Balaban J connectivity index is 2.05. The molecule has 2 amide bonds.